The van der Waals surface area contributed by atoms with Gasteiger partial charge in [-0.3, -0.25) is 14.2 Å². The number of nitrogens with zero attached hydrogens (tertiary/aromatic N) is 7. The van der Waals surface area contributed by atoms with E-state index >= 15 is 8.78 Å². The highest BCUT2D eigenvalue weighted by atomic mass is 32.2. The number of nitrogens with one attached hydrogen (secondary N) is 2. The van der Waals surface area contributed by atoms with E-state index in [1.165, 1.54) is 23.3 Å². The Balaban J connectivity index is 1.28. The molecule has 1 atom stereocenters. The van der Waals surface area contributed by atoms with Crippen molar-refractivity contribution in [1.82, 2.24) is 34.8 Å². The lowest BCUT2D eigenvalue weighted by molar-refractivity contribution is -0.142. The highest BCUT2D eigenvalue weighted by Crippen LogP contribution is 2.47. The van der Waals surface area contributed by atoms with Gasteiger partial charge in [0.05, 0.1) is 27.6 Å². The second-order valence-corrected chi connectivity index (χ2v) is 16.5. The first-order valence-electron chi connectivity index (χ1n) is 18.2. The van der Waals surface area contributed by atoms with Crippen molar-refractivity contribution in [2.45, 2.75) is 69.3 Å². The molecule has 4 aromatic heterocycles. The molecule has 1 amide bonds. The third kappa shape index (κ3) is 7.56. The van der Waals surface area contributed by atoms with Crippen LogP contribution in [0.2, 0.25) is 0 Å². The molecule has 2 aromatic carbocycles. The van der Waals surface area contributed by atoms with Crippen molar-refractivity contribution in [3.63, 3.8) is 0 Å². The van der Waals surface area contributed by atoms with Crippen LogP contribution in [0, 0.1) is 11.6 Å². The number of piperidine rings is 1. The number of carbonyl (C=O) groups excluding carboxylic acids is 1. The van der Waals surface area contributed by atoms with E-state index < -0.39 is 77.6 Å². The van der Waals surface area contributed by atoms with Gasteiger partial charge in [-0.1, -0.05) is 35.4 Å². The van der Waals surface area contributed by atoms with Crippen LogP contribution in [-0.2, 0) is 43.3 Å². The van der Waals surface area contributed by atoms with Crippen LogP contribution in [0.5, 0.6) is 0 Å². The number of fused-ring (bicyclic) bond motifs is 3. The molecule has 1 aliphatic heterocycles. The number of aryl methyl sites for hydroxylation is 1. The number of pyridine rings is 1. The van der Waals surface area contributed by atoms with Crippen molar-refractivity contribution >= 4 is 61.4 Å². The van der Waals surface area contributed by atoms with Gasteiger partial charge < -0.3 is 20.0 Å². The Hall–Kier alpha value is -4.95. The SMILES string of the molecule is CSNc1nn(C)c2c(-c3cc4sc(N5CCC(C)(O)CC5)nc4nc3C(Cc3cc(F)cc(F)c3)NC(=O)Cn3nc(C(F)(F)F)c4c3C(F)(F)CC4)cccc12. The summed E-state index contributed by atoms with van der Waals surface area (Å²) >= 11 is 2.71. The summed E-state index contributed by atoms with van der Waals surface area (Å²) in [5.74, 6) is -5.87. The number of alkyl halides is 5. The van der Waals surface area contributed by atoms with Crippen LogP contribution in [0.1, 0.15) is 60.4 Å². The summed E-state index contributed by atoms with van der Waals surface area (Å²) < 4.78 is 107. The number of aromatic nitrogens is 6. The molecule has 0 saturated carbocycles. The van der Waals surface area contributed by atoms with Gasteiger partial charge in [0.25, 0.3) is 5.92 Å². The average Bonchev–Trinajstić information content (AvgIpc) is 3.89. The third-order valence-electron chi connectivity index (χ3n) is 10.5. The number of rotatable bonds is 10. The number of amides is 1. The number of para-hydroxylation sites is 1. The molecule has 6 aromatic rings. The Labute approximate surface area is 334 Å². The third-order valence-corrected chi connectivity index (χ3v) is 12.0. The Kier molecular flexibility index (Phi) is 10.1. The van der Waals surface area contributed by atoms with Crippen molar-refractivity contribution in [2.75, 3.05) is 29.0 Å². The molecule has 58 heavy (non-hydrogen) atoms. The molecule has 3 N–H and O–H groups in total. The lowest BCUT2D eigenvalue weighted by Crippen LogP contribution is -2.42. The van der Waals surface area contributed by atoms with E-state index in [2.05, 4.69) is 20.2 Å². The van der Waals surface area contributed by atoms with Crippen LogP contribution >= 0.6 is 23.3 Å². The zero-order valence-corrected chi connectivity index (χ0v) is 32.9. The topological polar surface area (TPSA) is 126 Å². The molecule has 20 heteroatoms. The minimum absolute atomic E-state index is 0.103. The Morgan fingerprint density at radius 1 is 1.03 bits per heavy atom. The molecule has 1 fully saturated rings. The lowest BCUT2D eigenvalue weighted by Gasteiger charge is -2.35. The first-order chi connectivity index (χ1) is 27.4. The number of aliphatic hydroxyl groups is 1. The molecular formula is C38H36F7N9O2S2. The number of carbonyl (C=O) groups is 1. The number of thiazole rings is 1. The number of hydrogen-bond donors (Lipinski definition) is 3. The summed E-state index contributed by atoms with van der Waals surface area (Å²) in [4.78, 5) is 25.8. The van der Waals surface area contributed by atoms with Gasteiger partial charge in [-0.15, -0.1) is 0 Å². The Bertz CT molecular complexity index is 2540. The molecule has 11 nitrogen and oxygen atoms in total. The fraction of sp³-hybridized carbons (Fsp3) is 0.395. The largest absolute Gasteiger partial charge is 0.435 e. The summed E-state index contributed by atoms with van der Waals surface area (Å²) in [6.07, 6.45) is -3.89. The maximum Gasteiger partial charge on any atom is 0.435 e. The average molecular weight is 848 g/mol. The van der Waals surface area contributed by atoms with Crippen molar-refractivity contribution < 1.29 is 40.6 Å². The zero-order valence-electron chi connectivity index (χ0n) is 31.2. The Morgan fingerprint density at radius 2 is 1.76 bits per heavy atom. The van der Waals surface area contributed by atoms with Gasteiger partial charge in [-0.25, -0.2) is 13.8 Å². The maximum atomic E-state index is 15.0. The maximum absolute atomic E-state index is 15.0. The zero-order chi connectivity index (χ0) is 41.3. The first-order valence-corrected chi connectivity index (χ1v) is 20.3. The minimum atomic E-state index is -5.04. The van der Waals surface area contributed by atoms with E-state index in [1.807, 2.05) is 35.4 Å². The second-order valence-electron chi connectivity index (χ2n) is 14.8. The van der Waals surface area contributed by atoms with Gasteiger partial charge in [0.1, 0.15) is 23.9 Å². The minimum Gasteiger partial charge on any atom is -0.390 e. The van der Waals surface area contributed by atoms with Crippen molar-refractivity contribution in [1.29, 1.82) is 0 Å². The van der Waals surface area contributed by atoms with E-state index in [1.54, 1.807) is 18.7 Å². The number of hydrogen-bond acceptors (Lipinski definition) is 10. The molecule has 5 heterocycles. The van der Waals surface area contributed by atoms with Gasteiger partial charge in [-0.2, -0.15) is 37.1 Å². The van der Waals surface area contributed by atoms with Gasteiger partial charge in [0.2, 0.25) is 5.91 Å². The number of benzene rings is 2. The molecule has 8 rings (SSSR count). The summed E-state index contributed by atoms with van der Waals surface area (Å²) in [5.41, 5.74) is -1.63. The van der Waals surface area contributed by atoms with Crippen molar-refractivity contribution in [2.24, 2.45) is 7.05 Å². The fourth-order valence-electron chi connectivity index (χ4n) is 7.83. The molecular weight excluding hydrogens is 812 g/mol. The highest BCUT2D eigenvalue weighted by molar-refractivity contribution is 7.99. The molecule has 0 radical (unpaired) electrons. The normalized spacial score (nSPS) is 16.9. The molecule has 1 unspecified atom stereocenters. The molecule has 306 valence electrons. The Morgan fingerprint density at radius 3 is 2.45 bits per heavy atom. The second kappa shape index (κ2) is 14.7. The summed E-state index contributed by atoms with van der Waals surface area (Å²) in [7, 11) is 1.75. The van der Waals surface area contributed by atoms with Crippen LogP contribution in [-0.4, -0.2) is 65.5 Å². The van der Waals surface area contributed by atoms with Crippen LogP contribution in [0.4, 0.5) is 41.7 Å². The summed E-state index contributed by atoms with van der Waals surface area (Å²) in [5, 5.41) is 22.8. The predicted molar refractivity (Wildman–Crippen MR) is 207 cm³/mol. The molecule has 1 saturated heterocycles. The van der Waals surface area contributed by atoms with E-state index in [0.29, 0.717) is 69.0 Å². The predicted octanol–water partition coefficient (Wildman–Crippen LogP) is 7.92. The lowest BCUT2D eigenvalue weighted by atomic mass is 9.94. The quantitative estimate of drug-likeness (QED) is 0.0932. The van der Waals surface area contributed by atoms with Crippen molar-refractivity contribution in [3.05, 3.63) is 82.3 Å². The fourth-order valence-corrected chi connectivity index (χ4v) is 9.18. The molecule has 0 bridgehead atoms. The van der Waals surface area contributed by atoms with Gasteiger partial charge in [-0.05, 0) is 62.4 Å². The van der Waals surface area contributed by atoms with E-state index in [-0.39, 0.29) is 23.3 Å². The molecule has 1 aliphatic carbocycles. The van der Waals surface area contributed by atoms with Crippen LogP contribution in [0.3, 0.4) is 0 Å². The molecule has 0 spiro atoms. The highest BCUT2D eigenvalue weighted by Gasteiger charge is 2.50. The molecule has 2 aliphatic rings. The van der Waals surface area contributed by atoms with Gasteiger partial charge in [0.15, 0.2) is 22.3 Å². The number of halogens is 7. The standard InChI is InChI=1S/C38H36F7N9O2S2/c1-36(56)9-11-53(12-10-36)35-48-34-27(58-35)17-25(22-5-4-6-23-30(22)52(2)50-33(23)51-57-3)29(47-34)26(15-19-13-20(39)16-21(40)14-19)46-28(55)18-54-32-24(7-8-37(32,41)42)31(49-54)38(43,44)45/h4-6,13-14,16-17,26,56H,7-12,15,18H2,1-3H3,(H,46,55)(H,50,51). The van der Waals surface area contributed by atoms with Gasteiger partial charge in [0, 0.05) is 61.0 Å². The smallest absolute Gasteiger partial charge is 0.390 e. The van der Waals surface area contributed by atoms with E-state index in [0.717, 1.165) is 17.5 Å². The first kappa shape index (κ1) is 39.9. The van der Waals surface area contributed by atoms with E-state index in [4.69, 9.17) is 9.97 Å². The van der Waals surface area contributed by atoms with E-state index in [9.17, 15) is 31.9 Å². The van der Waals surface area contributed by atoms with Crippen LogP contribution < -0.4 is 14.9 Å². The van der Waals surface area contributed by atoms with Crippen LogP contribution in [0.15, 0.2) is 42.5 Å². The summed E-state index contributed by atoms with van der Waals surface area (Å²) in [6.45, 7) is 1.83. The van der Waals surface area contributed by atoms with Crippen molar-refractivity contribution in [3.8, 4) is 11.1 Å². The van der Waals surface area contributed by atoms with Crippen LogP contribution in [0.25, 0.3) is 32.4 Å². The summed E-state index contributed by atoms with van der Waals surface area (Å²) in [6, 6.07) is 8.94. The van der Waals surface area contributed by atoms with Gasteiger partial charge >= 0.3 is 6.18 Å². The number of anilines is 2. The monoisotopic (exact) mass is 847 g/mol.